The summed E-state index contributed by atoms with van der Waals surface area (Å²) < 4.78 is 122. The van der Waals surface area contributed by atoms with Crippen LogP contribution in [0.25, 0.3) is 0 Å². The highest BCUT2D eigenvalue weighted by atomic mass is 19.4. The van der Waals surface area contributed by atoms with Crippen LogP contribution in [0.3, 0.4) is 0 Å². The topological polar surface area (TPSA) is 43.9 Å². The van der Waals surface area contributed by atoms with Gasteiger partial charge in [0.05, 0.1) is 22.7 Å². The number of hydrogen-bond acceptors (Lipinski definition) is 3. The summed E-state index contributed by atoms with van der Waals surface area (Å²) >= 11 is 0. The maximum absolute atomic E-state index is 14.0. The van der Waals surface area contributed by atoms with Crippen LogP contribution in [0.15, 0.2) is 72.8 Å². The number of piperidine rings is 2. The average molecular weight is 740 g/mol. The van der Waals surface area contributed by atoms with Gasteiger partial charge in [-0.25, -0.2) is 0 Å². The predicted molar refractivity (Wildman–Crippen MR) is 174 cm³/mol. The van der Waals surface area contributed by atoms with E-state index in [-0.39, 0.29) is 43.3 Å². The zero-order valence-electron chi connectivity index (χ0n) is 28.1. The van der Waals surface area contributed by atoms with E-state index in [0.717, 1.165) is 37.0 Å². The van der Waals surface area contributed by atoms with Gasteiger partial charge in [-0.05, 0) is 98.9 Å². The van der Waals surface area contributed by atoms with E-state index in [9.17, 15) is 49.1 Å². The van der Waals surface area contributed by atoms with Crippen LogP contribution < -0.4 is 0 Å². The lowest BCUT2D eigenvalue weighted by Crippen LogP contribution is -2.59. The number of nitrogens with zero attached hydrogens (tertiary/aromatic N) is 3. The van der Waals surface area contributed by atoms with Crippen molar-refractivity contribution in [2.24, 2.45) is 0 Å². The maximum Gasteiger partial charge on any atom is 0.416 e. The first-order valence-electron chi connectivity index (χ1n) is 17.3. The summed E-state index contributed by atoms with van der Waals surface area (Å²) in [5.74, 6) is -0.929. The lowest BCUT2D eigenvalue weighted by atomic mass is 9.82. The number of likely N-dealkylation sites (tertiary alicyclic amines) is 3. The first kappa shape index (κ1) is 37.7. The molecule has 0 N–H and O–H groups in total. The first-order chi connectivity index (χ1) is 24.5. The van der Waals surface area contributed by atoms with Crippen LogP contribution in [0, 0.1) is 0 Å². The van der Waals surface area contributed by atoms with E-state index in [1.165, 1.54) is 17.0 Å². The molecule has 4 atom stereocenters. The van der Waals surface area contributed by atoms with Crippen LogP contribution in [-0.2, 0) is 29.7 Å². The summed E-state index contributed by atoms with van der Waals surface area (Å²) in [4.78, 5) is 33.2. The molecule has 5 nitrogen and oxygen atoms in total. The summed E-state index contributed by atoms with van der Waals surface area (Å²) in [7, 11) is 0. The van der Waals surface area contributed by atoms with Gasteiger partial charge in [0.2, 0.25) is 5.91 Å². The van der Waals surface area contributed by atoms with Crippen molar-refractivity contribution in [3.8, 4) is 0 Å². The molecule has 3 aromatic carbocycles. The van der Waals surface area contributed by atoms with Crippen LogP contribution in [0.1, 0.15) is 82.6 Å². The minimum Gasteiger partial charge on any atom is -0.341 e. The van der Waals surface area contributed by atoms with E-state index in [2.05, 4.69) is 4.90 Å². The van der Waals surface area contributed by atoms with Crippen LogP contribution in [-0.4, -0.2) is 70.8 Å². The lowest BCUT2D eigenvalue weighted by Gasteiger charge is -2.49. The quantitative estimate of drug-likeness (QED) is 0.238. The number of benzene rings is 3. The van der Waals surface area contributed by atoms with Gasteiger partial charge in [0.15, 0.2) is 0 Å². The van der Waals surface area contributed by atoms with E-state index in [1.54, 1.807) is 0 Å². The number of amides is 2. The van der Waals surface area contributed by atoms with E-state index in [1.807, 2.05) is 35.2 Å². The summed E-state index contributed by atoms with van der Waals surface area (Å²) in [5, 5.41) is 0. The molecule has 0 saturated carbocycles. The zero-order valence-corrected chi connectivity index (χ0v) is 28.1. The molecular formula is C38H38F9N3O2. The van der Waals surface area contributed by atoms with Crippen molar-refractivity contribution in [3.63, 3.8) is 0 Å². The molecule has 3 fully saturated rings. The molecule has 0 bridgehead atoms. The second-order valence-corrected chi connectivity index (χ2v) is 13.9. The van der Waals surface area contributed by atoms with Gasteiger partial charge < -0.3 is 9.80 Å². The van der Waals surface area contributed by atoms with Crippen molar-refractivity contribution in [1.29, 1.82) is 0 Å². The molecule has 2 amide bonds. The van der Waals surface area contributed by atoms with Gasteiger partial charge in [-0.3, -0.25) is 14.5 Å². The van der Waals surface area contributed by atoms with E-state index in [4.69, 9.17) is 0 Å². The van der Waals surface area contributed by atoms with Gasteiger partial charge in [-0.1, -0.05) is 42.5 Å². The molecule has 0 radical (unpaired) electrons. The highest BCUT2D eigenvalue weighted by Crippen LogP contribution is 2.40. The lowest BCUT2D eigenvalue weighted by molar-refractivity contribution is -0.143. The highest BCUT2D eigenvalue weighted by Gasteiger charge is 2.44. The molecule has 14 heteroatoms. The van der Waals surface area contributed by atoms with Gasteiger partial charge >= 0.3 is 18.5 Å². The Hall–Kier alpha value is -4.07. The predicted octanol–water partition coefficient (Wildman–Crippen LogP) is 8.83. The van der Waals surface area contributed by atoms with Gasteiger partial charge in [-0.2, -0.15) is 39.5 Å². The van der Waals surface area contributed by atoms with E-state index in [0.29, 0.717) is 50.2 Å². The van der Waals surface area contributed by atoms with E-state index < -0.39 is 58.8 Å². The standard InChI is InChI=1S/C38H38F9N3O2/c39-36(40,41)28-10-8-24(9-11-28)18-32-23-31(13-17-50(32)34(51)27-19-29(37(42,43)44)22-30(20-27)38(45,46)47)49-16-12-26(25-6-2-1-3-7-25)21-33(49)35(52)48-14-4-5-15-48/h1-3,6-11,19-20,22,26,31-33H,4-5,12-18,21,23H2/t26?,31-,32-,33+/m1/s1. The molecule has 0 aromatic heterocycles. The molecule has 3 saturated heterocycles. The second kappa shape index (κ2) is 14.7. The Balaban J connectivity index is 1.32. The van der Waals surface area contributed by atoms with Crippen molar-refractivity contribution in [2.45, 2.75) is 87.5 Å². The third-order valence-electron chi connectivity index (χ3n) is 10.6. The van der Waals surface area contributed by atoms with Gasteiger partial charge in [0.25, 0.3) is 5.91 Å². The Labute approximate surface area is 295 Å². The minimum absolute atomic E-state index is 0.000396. The zero-order chi connectivity index (χ0) is 37.4. The number of rotatable bonds is 6. The fraction of sp³-hybridized carbons (Fsp3) is 0.474. The monoisotopic (exact) mass is 739 g/mol. The van der Waals surface area contributed by atoms with Gasteiger partial charge in [0.1, 0.15) is 0 Å². The normalized spacial score (nSPS) is 23.6. The van der Waals surface area contributed by atoms with Crippen molar-refractivity contribution in [3.05, 3.63) is 106 Å². The van der Waals surface area contributed by atoms with Crippen LogP contribution in [0.5, 0.6) is 0 Å². The van der Waals surface area contributed by atoms with Crippen molar-refractivity contribution in [1.82, 2.24) is 14.7 Å². The number of halogens is 9. The fourth-order valence-electron chi connectivity index (χ4n) is 7.98. The Morgan fingerprint density at radius 2 is 1.25 bits per heavy atom. The third-order valence-corrected chi connectivity index (χ3v) is 10.6. The highest BCUT2D eigenvalue weighted by molar-refractivity contribution is 5.95. The number of carbonyl (C=O) groups is 2. The van der Waals surface area contributed by atoms with Crippen LogP contribution >= 0.6 is 0 Å². The SMILES string of the molecule is O=C([C@@H]1CC(c2ccccc2)CCN1[C@@H]1CCN(C(=O)c2cc(C(F)(F)F)cc(C(F)(F)F)c2)[C@H](Cc2ccc(C(F)(F)F)cc2)C1)N1CCCC1. The Morgan fingerprint density at radius 1 is 0.654 bits per heavy atom. The molecule has 3 aliphatic rings. The number of hydrogen-bond donors (Lipinski definition) is 0. The fourth-order valence-corrected chi connectivity index (χ4v) is 7.98. The third kappa shape index (κ3) is 8.42. The van der Waals surface area contributed by atoms with Crippen molar-refractivity contribution < 1.29 is 49.1 Å². The molecule has 280 valence electrons. The minimum atomic E-state index is -5.16. The molecule has 52 heavy (non-hydrogen) atoms. The van der Waals surface area contributed by atoms with Crippen molar-refractivity contribution in [2.75, 3.05) is 26.2 Å². The Bertz CT molecular complexity index is 1690. The smallest absolute Gasteiger partial charge is 0.341 e. The molecule has 6 rings (SSSR count). The Kier molecular flexibility index (Phi) is 10.7. The van der Waals surface area contributed by atoms with E-state index >= 15 is 0 Å². The van der Waals surface area contributed by atoms with Gasteiger partial charge in [-0.15, -0.1) is 0 Å². The molecule has 0 spiro atoms. The van der Waals surface area contributed by atoms with Crippen molar-refractivity contribution >= 4 is 11.8 Å². The molecule has 1 unspecified atom stereocenters. The summed E-state index contributed by atoms with van der Waals surface area (Å²) in [6.07, 6.45) is -11.4. The van der Waals surface area contributed by atoms with Crippen LogP contribution in [0.4, 0.5) is 39.5 Å². The summed E-state index contributed by atoms with van der Waals surface area (Å²) in [5.41, 5.74) is -3.40. The maximum atomic E-state index is 14.0. The largest absolute Gasteiger partial charge is 0.416 e. The van der Waals surface area contributed by atoms with Crippen LogP contribution in [0.2, 0.25) is 0 Å². The second-order valence-electron chi connectivity index (χ2n) is 13.9. The first-order valence-corrected chi connectivity index (χ1v) is 17.3. The Morgan fingerprint density at radius 3 is 1.83 bits per heavy atom. The molecule has 3 aromatic rings. The van der Waals surface area contributed by atoms with Gasteiger partial charge in [0, 0.05) is 37.3 Å². The summed E-state index contributed by atoms with van der Waals surface area (Å²) in [6, 6.07) is 13.3. The number of carbonyl (C=O) groups excluding carboxylic acids is 2. The molecule has 3 heterocycles. The molecule has 3 aliphatic heterocycles. The average Bonchev–Trinajstić information content (AvgIpc) is 3.65. The molecule has 0 aliphatic carbocycles. The molecular weight excluding hydrogens is 701 g/mol. The number of alkyl halides is 9. The summed E-state index contributed by atoms with van der Waals surface area (Å²) in [6.45, 7) is 1.77.